The molecule has 2 aromatic rings. The lowest BCUT2D eigenvalue weighted by molar-refractivity contribution is -0.118. The fourth-order valence-corrected chi connectivity index (χ4v) is 1.70. The van der Waals surface area contributed by atoms with Crippen LogP contribution in [0, 0.1) is 5.82 Å². The Hall–Kier alpha value is -2.27. The maximum Gasteiger partial charge on any atom is 0.262 e. The lowest BCUT2D eigenvalue weighted by Crippen LogP contribution is -2.21. The number of para-hydroxylation sites is 2. The van der Waals surface area contributed by atoms with Gasteiger partial charge in [0.25, 0.3) is 5.91 Å². The Kier molecular flexibility index (Phi) is 4.42. The van der Waals surface area contributed by atoms with Gasteiger partial charge in [-0.05, 0) is 24.3 Å². The minimum atomic E-state index is -0.693. The molecule has 104 valence electrons. The number of hydrogen-bond donors (Lipinski definition) is 2. The Labute approximate surface area is 120 Å². The summed E-state index contributed by atoms with van der Waals surface area (Å²) < 4.78 is 18.6. The van der Waals surface area contributed by atoms with Crippen LogP contribution in [-0.2, 0) is 4.79 Å². The fraction of sp³-hybridized carbons (Fsp3) is 0.0714. The van der Waals surface area contributed by atoms with Crippen molar-refractivity contribution in [3.63, 3.8) is 0 Å². The summed E-state index contributed by atoms with van der Waals surface area (Å²) in [5, 5.41) is 2.51. The SMILES string of the molecule is Nc1ccccc1NC(=O)COc1cccc(Cl)c1F. The minimum Gasteiger partial charge on any atom is -0.481 e. The normalized spacial score (nSPS) is 10.1. The molecule has 2 aromatic carbocycles. The standard InChI is InChI=1S/C14H12ClFN2O2/c15-9-4-3-7-12(14(9)16)20-8-13(19)18-11-6-2-1-5-10(11)17/h1-7H,8,17H2,(H,18,19). The Morgan fingerprint density at radius 1 is 1.25 bits per heavy atom. The molecule has 0 aliphatic heterocycles. The van der Waals surface area contributed by atoms with E-state index in [1.807, 2.05) is 0 Å². The van der Waals surface area contributed by atoms with E-state index in [1.165, 1.54) is 18.2 Å². The molecule has 0 saturated carbocycles. The molecule has 0 unspecified atom stereocenters. The number of nitrogens with one attached hydrogen (secondary N) is 1. The van der Waals surface area contributed by atoms with Gasteiger partial charge in [0.05, 0.1) is 16.4 Å². The fourth-order valence-electron chi connectivity index (χ4n) is 1.54. The molecule has 3 N–H and O–H groups in total. The van der Waals surface area contributed by atoms with Crippen LogP contribution in [0.4, 0.5) is 15.8 Å². The van der Waals surface area contributed by atoms with Crippen molar-refractivity contribution in [1.29, 1.82) is 0 Å². The predicted octanol–water partition coefficient (Wildman–Crippen LogP) is 3.08. The highest BCUT2D eigenvalue weighted by molar-refractivity contribution is 6.30. The van der Waals surface area contributed by atoms with Crippen molar-refractivity contribution in [2.75, 3.05) is 17.7 Å². The zero-order valence-electron chi connectivity index (χ0n) is 10.4. The summed E-state index contributed by atoms with van der Waals surface area (Å²) in [6, 6.07) is 11.1. The molecule has 6 heteroatoms. The number of hydrogen-bond acceptors (Lipinski definition) is 3. The van der Waals surface area contributed by atoms with Crippen molar-refractivity contribution in [3.8, 4) is 5.75 Å². The molecule has 1 amide bonds. The van der Waals surface area contributed by atoms with Crippen molar-refractivity contribution in [1.82, 2.24) is 0 Å². The molecule has 0 aromatic heterocycles. The maximum absolute atomic E-state index is 13.5. The quantitative estimate of drug-likeness (QED) is 0.852. The molecule has 0 radical (unpaired) electrons. The molecule has 2 rings (SSSR count). The predicted molar refractivity (Wildman–Crippen MR) is 76.4 cm³/mol. The Bertz CT molecular complexity index is 634. The number of rotatable bonds is 4. The summed E-state index contributed by atoms with van der Waals surface area (Å²) in [4.78, 5) is 11.7. The molecular weight excluding hydrogens is 283 g/mol. The van der Waals surface area contributed by atoms with E-state index in [4.69, 9.17) is 22.1 Å². The van der Waals surface area contributed by atoms with Gasteiger partial charge in [-0.2, -0.15) is 0 Å². The second kappa shape index (κ2) is 6.25. The number of carbonyl (C=O) groups excluding carboxylic acids is 1. The number of anilines is 2. The number of halogens is 2. The second-order valence-corrected chi connectivity index (χ2v) is 4.38. The van der Waals surface area contributed by atoms with Gasteiger partial charge in [0.1, 0.15) is 0 Å². The Morgan fingerprint density at radius 2 is 2.00 bits per heavy atom. The summed E-state index contributed by atoms with van der Waals surface area (Å²) in [6.07, 6.45) is 0. The van der Waals surface area contributed by atoms with Crippen molar-refractivity contribution in [2.24, 2.45) is 0 Å². The van der Waals surface area contributed by atoms with Crippen LogP contribution in [0.15, 0.2) is 42.5 Å². The van der Waals surface area contributed by atoms with Crippen molar-refractivity contribution < 1.29 is 13.9 Å². The Morgan fingerprint density at radius 3 is 2.75 bits per heavy atom. The van der Waals surface area contributed by atoms with Crippen LogP contribution in [0.5, 0.6) is 5.75 Å². The third kappa shape index (κ3) is 3.39. The number of nitrogen functional groups attached to an aromatic ring is 1. The average Bonchev–Trinajstić information content (AvgIpc) is 2.43. The maximum atomic E-state index is 13.5. The molecule has 0 fully saturated rings. The van der Waals surface area contributed by atoms with Crippen molar-refractivity contribution in [2.45, 2.75) is 0 Å². The second-order valence-electron chi connectivity index (χ2n) is 3.98. The van der Waals surface area contributed by atoms with E-state index in [0.717, 1.165) is 0 Å². The van der Waals surface area contributed by atoms with E-state index >= 15 is 0 Å². The first-order chi connectivity index (χ1) is 9.58. The topological polar surface area (TPSA) is 64.3 Å². The molecule has 0 heterocycles. The van der Waals surface area contributed by atoms with Gasteiger partial charge in [-0.25, -0.2) is 4.39 Å². The highest BCUT2D eigenvalue weighted by Gasteiger charge is 2.10. The van der Waals surface area contributed by atoms with E-state index < -0.39 is 11.7 Å². The van der Waals surface area contributed by atoms with Gasteiger partial charge < -0.3 is 15.8 Å². The first-order valence-corrected chi connectivity index (χ1v) is 6.17. The van der Waals surface area contributed by atoms with E-state index in [-0.39, 0.29) is 17.4 Å². The van der Waals surface area contributed by atoms with Gasteiger partial charge in [0, 0.05) is 0 Å². The van der Waals surface area contributed by atoms with Gasteiger partial charge in [0.15, 0.2) is 18.2 Å². The zero-order valence-corrected chi connectivity index (χ0v) is 11.2. The van der Waals surface area contributed by atoms with Crippen molar-refractivity contribution >= 4 is 28.9 Å². The third-order valence-electron chi connectivity index (χ3n) is 2.51. The van der Waals surface area contributed by atoms with Crippen molar-refractivity contribution in [3.05, 3.63) is 53.3 Å². The summed E-state index contributed by atoms with van der Waals surface area (Å²) in [5.74, 6) is -1.21. The molecular formula is C14H12ClFN2O2. The van der Waals surface area contributed by atoms with Gasteiger partial charge in [-0.15, -0.1) is 0 Å². The van der Waals surface area contributed by atoms with Crippen LogP contribution in [-0.4, -0.2) is 12.5 Å². The molecule has 0 saturated heterocycles. The summed E-state index contributed by atoms with van der Waals surface area (Å²) in [6.45, 7) is -0.342. The van der Waals surface area contributed by atoms with E-state index in [9.17, 15) is 9.18 Å². The third-order valence-corrected chi connectivity index (χ3v) is 2.80. The summed E-state index contributed by atoms with van der Waals surface area (Å²) in [5.41, 5.74) is 6.61. The molecule has 0 atom stereocenters. The lowest BCUT2D eigenvalue weighted by atomic mass is 10.2. The largest absolute Gasteiger partial charge is 0.481 e. The zero-order chi connectivity index (χ0) is 14.5. The molecule has 20 heavy (non-hydrogen) atoms. The van der Waals surface area contributed by atoms with E-state index in [1.54, 1.807) is 24.3 Å². The van der Waals surface area contributed by atoms with Gasteiger partial charge in [-0.3, -0.25) is 4.79 Å². The van der Waals surface area contributed by atoms with E-state index in [2.05, 4.69) is 5.32 Å². The monoisotopic (exact) mass is 294 g/mol. The highest BCUT2D eigenvalue weighted by Crippen LogP contribution is 2.24. The number of benzene rings is 2. The van der Waals surface area contributed by atoms with E-state index in [0.29, 0.717) is 11.4 Å². The lowest BCUT2D eigenvalue weighted by Gasteiger charge is -2.10. The van der Waals surface area contributed by atoms with Crippen LogP contribution in [0.1, 0.15) is 0 Å². The number of carbonyl (C=O) groups is 1. The van der Waals surface area contributed by atoms with Crippen LogP contribution < -0.4 is 15.8 Å². The highest BCUT2D eigenvalue weighted by atomic mass is 35.5. The molecule has 0 aliphatic rings. The van der Waals surface area contributed by atoms with Crippen LogP contribution >= 0.6 is 11.6 Å². The van der Waals surface area contributed by atoms with Gasteiger partial charge in [0.2, 0.25) is 0 Å². The van der Waals surface area contributed by atoms with Gasteiger partial charge >= 0.3 is 0 Å². The molecule has 0 aliphatic carbocycles. The molecule has 0 bridgehead atoms. The molecule has 4 nitrogen and oxygen atoms in total. The number of nitrogens with two attached hydrogens (primary N) is 1. The average molecular weight is 295 g/mol. The first-order valence-electron chi connectivity index (χ1n) is 5.79. The molecule has 0 spiro atoms. The van der Waals surface area contributed by atoms with Crippen LogP contribution in [0.2, 0.25) is 5.02 Å². The minimum absolute atomic E-state index is 0.0600. The number of ether oxygens (including phenoxy) is 1. The summed E-state index contributed by atoms with van der Waals surface area (Å²) >= 11 is 5.61. The smallest absolute Gasteiger partial charge is 0.262 e. The summed E-state index contributed by atoms with van der Waals surface area (Å²) in [7, 11) is 0. The Balaban J connectivity index is 1.96. The first kappa shape index (κ1) is 14.1. The van der Waals surface area contributed by atoms with Crippen LogP contribution in [0.25, 0.3) is 0 Å². The number of amides is 1. The van der Waals surface area contributed by atoms with Crippen LogP contribution in [0.3, 0.4) is 0 Å². The van der Waals surface area contributed by atoms with Gasteiger partial charge in [-0.1, -0.05) is 29.8 Å².